The van der Waals surface area contributed by atoms with Gasteiger partial charge in [0.15, 0.2) is 0 Å². The Kier molecular flexibility index (Phi) is 7.82. The van der Waals surface area contributed by atoms with Gasteiger partial charge >= 0.3 is 15.4 Å². The molecule has 2 unspecified atom stereocenters. The first-order valence-corrected chi connectivity index (χ1v) is 13.1. The monoisotopic (exact) mass is 490 g/mol. The topological polar surface area (TPSA) is 136 Å². The maximum absolute atomic E-state index is 14.3. The van der Waals surface area contributed by atoms with Crippen LogP contribution in [-0.2, 0) is 9.13 Å². The van der Waals surface area contributed by atoms with E-state index in [0.29, 0.717) is 11.1 Å². The molecule has 0 fully saturated rings. The molecular formula is C22H28N4O5P2. The van der Waals surface area contributed by atoms with E-state index in [-0.39, 0.29) is 11.5 Å². The highest BCUT2D eigenvalue weighted by Crippen LogP contribution is 2.66. The third-order valence-electron chi connectivity index (χ3n) is 3.99. The average Bonchev–Trinajstić information content (AvgIpc) is 2.65. The van der Waals surface area contributed by atoms with Gasteiger partial charge in [0.2, 0.25) is 0 Å². The molecule has 0 aliphatic heterocycles. The Balaban J connectivity index is 2.56. The van der Waals surface area contributed by atoms with Crippen molar-refractivity contribution in [3.63, 3.8) is 0 Å². The van der Waals surface area contributed by atoms with Gasteiger partial charge in [-0.15, -0.1) is 0 Å². The number of hydrogen-bond donors (Lipinski definition) is 2. The summed E-state index contributed by atoms with van der Waals surface area (Å²) in [7, 11) is -9.06. The molecule has 11 heteroatoms. The van der Waals surface area contributed by atoms with Crippen LogP contribution in [0.2, 0.25) is 0 Å². The predicted octanol–water partition coefficient (Wildman–Crippen LogP) is 5.58. The fraction of sp³-hybridized carbons (Fsp3) is 0.364. The number of nitrogens with zero attached hydrogens (tertiary/aromatic N) is 3. The summed E-state index contributed by atoms with van der Waals surface area (Å²) in [6.07, 6.45) is 0. The maximum Gasteiger partial charge on any atom is 0.468 e. The van der Waals surface area contributed by atoms with Crippen molar-refractivity contribution in [2.75, 3.05) is 0 Å². The summed E-state index contributed by atoms with van der Waals surface area (Å²) in [5.74, 6) is 0.163. The number of nitrogens with one attached hydrogen (secondary N) is 1. The van der Waals surface area contributed by atoms with Crippen LogP contribution >= 0.6 is 15.4 Å². The van der Waals surface area contributed by atoms with E-state index in [2.05, 4.69) is 5.09 Å². The fourth-order valence-corrected chi connectivity index (χ4v) is 7.99. The van der Waals surface area contributed by atoms with E-state index in [9.17, 15) is 14.0 Å². The molecule has 2 aromatic rings. The molecule has 0 saturated carbocycles. The first kappa shape index (κ1) is 26.6. The zero-order valence-electron chi connectivity index (χ0n) is 19.4. The van der Waals surface area contributed by atoms with Crippen LogP contribution in [0.3, 0.4) is 0 Å². The van der Waals surface area contributed by atoms with Crippen molar-refractivity contribution in [1.29, 1.82) is 10.5 Å². The Hall–Kier alpha value is -2.64. The minimum atomic E-state index is -4.78. The summed E-state index contributed by atoms with van der Waals surface area (Å²) in [5.41, 5.74) is -1.20. The van der Waals surface area contributed by atoms with Crippen LogP contribution in [-0.4, -0.2) is 20.4 Å². The van der Waals surface area contributed by atoms with Crippen molar-refractivity contribution in [2.24, 2.45) is 0 Å². The second-order valence-corrected chi connectivity index (χ2v) is 13.0. The van der Waals surface area contributed by atoms with Crippen molar-refractivity contribution >= 4 is 15.4 Å². The Bertz CT molecular complexity index is 1150. The lowest BCUT2D eigenvalue weighted by atomic mass is 10.1. The molecular weight excluding hydrogens is 462 g/mol. The van der Waals surface area contributed by atoms with Gasteiger partial charge in [0.25, 0.3) is 0 Å². The summed E-state index contributed by atoms with van der Waals surface area (Å²) in [4.78, 5) is 11.0. The lowest BCUT2D eigenvalue weighted by Gasteiger charge is -2.42. The Morgan fingerprint density at radius 2 is 1.21 bits per heavy atom. The molecule has 2 N–H and O–H groups in total. The Morgan fingerprint density at radius 1 is 0.818 bits per heavy atom. The molecule has 0 heterocycles. The van der Waals surface area contributed by atoms with Crippen LogP contribution < -0.4 is 14.1 Å². The third kappa shape index (κ3) is 7.17. The summed E-state index contributed by atoms with van der Waals surface area (Å²) < 4.78 is 40.0. The lowest BCUT2D eigenvalue weighted by Crippen LogP contribution is -2.46. The minimum Gasteiger partial charge on any atom is -0.422 e. The van der Waals surface area contributed by atoms with E-state index in [1.807, 2.05) is 12.1 Å². The second-order valence-electron chi connectivity index (χ2n) is 9.29. The van der Waals surface area contributed by atoms with Gasteiger partial charge in [0, 0.05) is 11.1 Å². The van der Waals surface area contributed by atoms with Gasteiger partial charge in [-0.1, -0.05) is 4.44 Å². The minimum absolute atomic E-state index is 0.0229. The van der Waals surface area contributed by atoms with Crippen molar-refractivity contribution in [3.8, 4) is 23.6 Å². The number of rotatable bonds is 7. The zero-order chi connectivity index (χ0) is 25.1. The van der Waals surface area contributed by atoms with E-state index in [1.165, 1.54) is 48.5 Å². The Morgan fingerprint density at radius 3 is 1.55 bits per heavy atom. The molecule has 2 aromatic carbocycles. The van der Waals surface area contributed by atoms with Crippen molar-refractivity contribution in [3.05, 3.63) is 59.7 Å². The van der Waals surface area contributed by atoms with E-state index in [0.717, 1.165) is 4.44 Å². The number of nitriles is 2. The summed E-state index contributed by atoms with van der Waals surface area (Å²) in [6.45, 7) is 10.1. The largest absolute Gasteiger partial charge is 0.468 e. The average molecular weight is 490 g/mol. The van der Waals surface area contributed by atoms with Gasteiger partial charge in [0.1, 0.15) is 11.5 Å². The molecule has 2 atom stereocenters. The molecule has 33 heavy (non-hydrogen) atoms. The zero-order valence-corrected chi connectivity index (χ0v) is 21.2. The van der Waals surface area contributed by atoms with Crippen LogP contribution in [0.1, 0.15) is 52.7 Å². The standard InChI is InChI=1S/C22H28N4O5P2/c1-21(2,3)25-32(27,30-19-11-7-17(15-23)8-12-19)26(22(4,5)6)33(28,29)31-20-13-9-18(16-24)10-14-20/h7-14H,1-6H3,(H,25,27)(H,28,29). The number of benzene rings is 2. The molecule has 0 saturated heterocycles. The highest BCUT2D eigenvalue weighted by atomic mass is 31.3. The van der Waals surface area contributed by atoms with Crippen LogP contribution in [0.15, 0.2) is 48.5 Å². The van der Waals surface area contributed by atoms with Crippen LogP contribution in [0.5, 0.6) is 11.5 Å². The third-order valence-corrected chi connectivity index (χ3v) is 9.41. The normalized spacial score (nSPS) is 15.6. The first-order valence-electron chi connectivity index (χ1n) is 10.0. The van der Waals surface area contributed by atoms with Gasteiger partial charge in [-0.2, -0.15) is 10.5 Å². The smallest absolute Gasteiger partial charge is 0.422 e. The molecule has 176 valence electrons. The molecule has 0 spiro atoms. The van der Waals surface area contributed by atoms with E-state index in [4.69, 9.17) is 19.6 Å². The van der Waals surface area contributed by atoms with E-state index >= 15 is 0 Å². The molecule has 0 radical (unpaired) electrons. The van der Waals surface area contributed by atoms with Gasteiger partial charge in [-0.25, -0.2) is 14.2 Å². The molecule has 0 amide bonds. The lowest BCUT2D eigenvalue weighted by molar-refractivity contribution is 0.237. The highest BCUT2D eigenvalue weighted by molar-refractivity contribution is 7.68. The molecule has 2 rings (SSSR count). The maximum atomic E-state index is 14.3. The fourth-order valence-electron chi connectivity index (χ4n) is 2.96. The van der Waals surface area contributed by atoms with Crippen molar-refractivity contribution in [2.45, 2.75) is 52.6 Å². The number of hydrogen-bond acceptors (Lipinski definition) is 6. The van der Waals surface area contributed by atoms with Crippen LogP contribution in [0, 0.1) is 22.7 Å². The van der Waals surface area contributed by atoms with Gasteiger partial charge in [0.05, 0.1) is 23.3 Å². The highest BCUT2D eigenvalue weighted by Gasteiger charge is 2.54. The molecule has 9 nitrogen and oxygen atoms in total. The predicted molar refractivity (Wildman–Crippen MR) is 125 cm³/mol. The van der Waals surface area contributed by atoms with Gasteiger partial charge < -0.3 is 13.9 Å². The van der Waals surface area contributed by atoms with Crippen LogP contribution in [0.4, 0.5) is 0 Å². The van der Waals surface area contributed by atoms with E-state index in [1.54, 1.807) is 41.5 Å². The van der Waals surface area contributed by atoms with Gasteiger partial charge in [-0.3, -0.25) is 0 Å². The quantitative estimate of drug-likeness (QED) is 0.476. The molecule has 0 bridgehead atoms. The van der Waals surface area contributed by atoms with Gasteiger partial charge in [-0.05, 0) is 90.1 Å². The molecule has 0 aromatic heterocycles. The second kappa shape index (κ2) is 9.69. The molecule has 0 aliphatic rings. The first-order chi connectivity index (χ1) is 15.1. The van der Waals surface area contributed by atoms with Crippen LogP contribution in [0.25, 0.3) is 0 Å². The van der Waals surface area contributed by atoms with Crippen molar-refractivity contribution in [1.82, 2.24) is 9.53 Å². The summed E-state index contributed by atoms with van der Waals surface area (Å²) >= 11 is 0. The summed E-state index contributed by atoms with van der Waals surface area (Å²) in [5, 5.41) is 20.8. The summed E-state index contributed by atoms with van der Waals surface area (Å²) in [6, 6.07) is 15.5. The molecule has 0 aliphatic carbocycles. The van der Waals surface area contributed by atoms with Crippen molar-refractivity contribution < 1.29 is 23.1 Å². The van der Waals surface area contributed by atoms with E-state index < -0.39 is 26.5 Å². The Labute approximate surface area is 194 Å². The SMILES string of the molecule is CC(C)(C)NP(=O)(Oc1ccc(C#N)cc1)N(C(C)(C)C)P(=O)(O)Oc1ccc(C#N)cc1.